The monoisotopic (exact) mass is 487 g/mol. The van der Waals surface area contributed by atoms with Crippen LogP contribution in [0.3, 0.4) is 0 Å². The Kier molecular flexibility index (Phi) is 6.42. The van der Waals surface area contributed by atoms with Crippen molar-refractivity contribution in [3.05, 3.63) is 53.4 Å². The molecule has 0 saturated carbocycles. The number of ether oxygens (including phenoxy) is 1. The van der Waals surface area contributed by atoms with Gasteiger partial charge in [-0.3, -0.25) is 0 Å². The van der Waals surface area contributed by atoms with Gasteiger partial charge in [0.25, 0.3) is 0 Å². The Morgan fingerprint density at radius 2 is 1.74 bits per heavy atom. The highest BCUT2D eigenvalue weighted by Gasteiger charge is 2.28. The molecule has 2 aliphatic heterocycles. The molecule has 0 bridgehead atoms. The molecule has 34 heavy (non-hydrogen) atoms. The summed E-state index contributed by atoms with van der Waals surface area (Å²) < 4.78 is 33.0. The van der Waals surface area contributed by atoms with Crippen molar-refractivity contribution in [2.24, 2.45) is 0 Å². The van der Waals surface area contributed by atoms with Crippen LogP contribution in [-0.2, 0) is 4.74 Å². The molecule has 0 spiro atoms. The van der Waals surface area contributed by atoms with Crippen LogP contribution in [0, 0.1) is 11.6 Å². The zero-order valence-corrected chi connectivity index (χ0v) is 19.4. The Bertz CT molecular complexity index is 1180. The summed E-state index contributed by atoms with van der Waals surface area (Å²) in [5.41, 5.74) is 1.03. The van der Waals surface area contributed by atoms with Gasteiger partial charge in [-0.15, -0.1) is 0 Å². The summed E-state index contributed by atoms with van der Waals surface area (Å²) in [6.45, 7) is 6.62. The Morgan fingerprint density at radius 3 is 2.47 bits per heavy atom. The van der Waals surface area contributed by atoms with Crippen molar-refractivity contribution in [2.45, 2.75) is 13.0 Å². The van der Waals surface area contributed by atoms with Gasteiger partial charge < -0.3 is 19.4 Å². The van der Waals surface area contributed by atoms with Gasteiger partial charge in [0.1, 0.15) is 5.82 Å². The molecule has 2 aromatic heterocycles. The smallest absolute Gasteiger partial charge is 0.228 e. The second-order valence-corrected chi connectivity index (χ2v) is 8.66. The predicted molar refractivity (Wildman–Crippen MR) is 126 cm³/mol. The maximum absolute atomic E-state index is 14.0. The SMILES string of the molecule is CC1CN(c2nccnc2Cl)CCN1c1cc(-c2ccc(F)c(F)c2)nc(N2CCOCC2)n1. The van der Waals surface area contributed by atoms with Crippen LogP contribution in [0.4, 0.5) is 26.4 Å². The molecule has 2 saturated heterocycles. The van der Waals surface area contributed by atoms with Crippen LogP contribution in [0.25, 0.3) is 11.3 Å². The molecule has 0 amide bonds. The highest BCUT2D eigenvalue weighted by atomic mass is 35.5. The fourth-order valence-corrected chi connectivity index (χ4v) is 4.52. The minimum absolute atomic E-state index is 0.0806. The molecule has 5 rings (SSSR count). The summed E-state index contributed by atoms with van der Waals surface area (Å²) in [6.07, 6.45) is 3.20. The summed E-state index contributed by atoms with van der Waals surface area (Å²) in [6, 6.07) is 5.73. The summed E-state index contributed by atoms with van der Waals surface area (Å²) >= 11 is 6.26. The first-order chi connectivity index (χ1) is 16.5. The number of hydrogen-bond acceptors (Lipinski definition) is 8. The predicted octanol–water partition coefficient (Wildman–Crippen LogP) is 3.42. The van der Waals surface area contributed by atoms with Gasteiger partial charge in [-0.2, -0.15) is 4.98 Å². The van der Waals surface area contributed by atoms with Gasteiger partial charge in [0.05, 0.1) is 18.9 Å². The van der Waals surface area contributed by atoms with Crippen molar-refractivity contribution in [3.63, 3.8) is 0 Å². The zero-order chi connectivity index (χ0) is 23.7. The number of aromatic nitrogens is 4. The lowest BCUT2D eigenvalue weighted by atomic mass is 10.1. The first-order valence-electron chi connectivity index (χ1n) is 11.1. The molecule has 2 fully saturated rings. The molecule has 2 aliphatic rings. The van der Waals surface area contributed by atoms with Crippen LogP contribution in [0.1, 0.15) is 6.92 Å². The molecule has 0 radical (unpaired) electrons. The molecule has 1 unspecified atom stereocenters. The van der Waals surface area contributed by atoms with Gasteiger partial charge in [-0.25, -0.2) is 23.7 Å². The van der Waals surface area contributed by atoms with Gasteiger partial charge >= 0.3 is 0 Å². The third-order valence-corrected chi connectivity index (χ3v) is 6.33. The van der Waals surface area contributed by atoms with E-state index < -0.39 is 11.6 Å². The Labute approximate surface area is 201 Å². The minimum Gasteiger partial charge on any atom is -0.378 e. The minimum atomic E-state index is -0.909. The number of halogens is 3. The van der Waals surface area contributed by atoms with E-state index >= 15 is 0 Å². The molecule has 8 nitrogen and oxygen atoms in total. The van der Waals surface area contributed by atoms with E-state index in [0.717, 1.165) is 11.9 Å². The number of anilines is 3. The van der Waals surface area contributed by atoms with E-state index in [1.165, 1.54) is 12.1 Å². The molecule has 3 aromatic rings. The highest BCUT2D eigenvalue weighted by Crippen LogP contribution is 2.30. The van der Waals surface area contributed by atoms with Crippen LogP contribution in [-0.4, -0.2) is 71.9 Å². The number of benzene rings is 1. The van der Waals surface area contributed by atoms with Crippen molar-refractivity contribution in [1.82, 2.24) is 19.9 Å². The van der Waals surface area contributed by atoms with Crippen LogP contribution in [0.2, 0.25) is 5.15 Å². The largest absolute Gasteiger partial charge is 0.378 e. The number of morpholine rings is 1. The third kappa shape index (κ3) is 4.60. The van der Waals surface area contributed by atoms with Crippen LogP contribution >= 0.6 is 11.6 Å². The van der Waals surface area contributed by atoms with Crippen LogP contribution in [0.5, 0.6) is 0 Å². The van der Waals surface area contributed by atoms with Crippen molar-refractivity contribution >= 4 is 29.2 Å². The van der Waals surface area contributed by atoms with Crippen molar-refractivity contribution < 1.29 is 13.5 Å². The van der Waals surface area contributed by atoms with E-state index in [1.807, 2.05) is 6.07 Å². The van der Waals surface area contributed by atoms with Gasteiger partial charge in [0.2, 0.25) is 5.95 Å². The second-order valence-electron chi connectivity index (χ2n) is 8.30. The first-order valence-corrected chi connectivity index (χ1v) is 11.5. The second kappa shape index (κ2) is 9.63. The third-order valence-electron chi connectivity index (χ3n) is 6.07. The number of piperazine rings is 1. The standard InChI is InChI=1S/C23H24ClF2N7O/c1-15-14-32(22-21(24)27-4-5-28-22)6-7-33(15)20-13-19(16-2-3-17(25)18(26)12-16)29-23(30-20)31-8-10-34-11-9-31/h2-5,12-13,15H,6-11,14H2,1H3. The van der Waals surface area contributed by atoms with Gasteiger partial charge in [0.15, 0.2) is 22.6 Å². The molecule has 0 aliphatic carbocycles. The fourth-order valence-electron chi connectivity index (χ4n) is 4.29. The van der Waals surface area contributed by atoms with E-state index in [9.17, 15) is 8.78 Å². The van der Waals surface area contributed by atoms with E-state index in [2.05, 4.69) is 36.6 Å². The lowest BCUT2D eigenvalue weighted by Crippen LogP contribution is -2.53. The summed E-state index contributed by atoms with van der Waals surface area (Å²) in [5.74, 6) is 0.142. The Balaban J connectivity index is 1.47. The molecular weight excluding hydrogens is 464 g/mol. The first kappa shape index (κ1) is 22.7. The highest BCUT2D eigenvalue weighted by molar-refractivity contribution is 6.31. The van der Waals surface area contributed by atoms with E-state index in [4.69, 9.17) is 21.3 Å². The Morgan fingerprint density at radius 1 is 0.941 bits per heavy atom. The molecule has 0 N–H and O–H groups in total. The lowest BCUT2D eigenvalue weighted by Gasteiger charge is -2.41. The molecule has 178 valence electrons. The molecular formula is C23H24ClF2N7O. The Hall–Kier alpha value is -3.11. The maximum Gasteiger partial charge on any atom is 0.228 e. The summed E-state index contributed by atoms with van der Waals surface area (Å²) in [4.78, 5) is 24.4. The van der Waals surface area contributed by atoms with E-state index in [0.29, 0.717) is 74.1 Å². The number of nitrogens with zero attached hydrogens (tertiary/aromatic N) is 7. The van der Waals surface area contributed by atoms with E-state index in [1.54, 1.807) is 12.4 Å². The lowest BCUT2D eigenvalue weighted by molar-refractivity contribution is 0.122. The summed E-state index contributed by atoms with van der Waals surface area (Å²) in [7, 11) is 0. The average molecular weight is 488 g/mol. The van der Waals surface area contributed by atoms with Gasteiger partial charge in [-0.1, -0.05) is 11.6 Å². The molecule has 1 aromatic carbocycles. The van der Waals surface area contributed by atoms with Gasteiger partial charge in [0, 0.05) is 62.8 Å². The quantitative estimate of drug-likeness (QED) is 0.554. The van der Waals surface area contributed by atoms with Crippen molar-refractivity contribution in [2.75, 3.05) is 60.6 Å². The maximum atomic E-state index is 14.0. The number of hydrogen-bond donors (Lipinski definition) is 0. The van der Waals surface area contributed by atoms with Crippen molar-refractivity contribution in [1.29, 1.82) is 0 Å². The fraction of sp³-hybridized carbons (Fsp3) is 0.391. The van der Waals surface area contributed by atoms with Crippen LogP contribution < -0.4 is 14.7 Å². The normalized spacial score (nSPS) is 18.9. The molecule has 11 heteroatoms. The number of rotatable bonds is 4. The average Bonchev–Trinajstić information content (AvgIpc) is 2.86. The summed E-state index contributed by atoms with van der Waals surface area (Å²) in [5, 5.41) is 0.375. The van der Waals surface area contributed by atoms with Crippen LogP contribution in [0.15, 0.2) is 36.7 Å². The zero-order valence-electron chi connectivity index (χ0n) is 18.7. The van der Waals surface area contributed by atoms with Crippen molar-refractivity contribution in [3.8, 4) is 11.3 Å². The van der Waals surface area contributed by atoms with Gasteiger partial charge in [-0.05, 0) is 25.1 Å². The van der Waals surface area contributed by atoms with E-state index in [-0.39, 0.29) is 6.04 Å². The topological polar surface area (TPSA) is 70.5 Å². The molecule has 4 heterocycles. The molecule has 1 atom stereocenters.